The van der Waals surface area contributed by atoms with E-state index < -0.39 is 0 Å². The Morgan fingerprint density at radius 1 is 1.21 bits per heavy atom. The summed E-state index contributed by atoms with van der Waals surface area (Å²) in [5.74, 6) is 1.74. The molecule has 2 fully saturated rings. The molecule has 1 aromatic carbocycles. The van der Waals surface area contributed by atoms with Crippen molar-refractivity contribution < 1.29 is 4.79 Å². The number of hydrogen-bond acceptors (Lipinski definition) is 4. The highest BCUT2D eigenvalue weighted by Gasteiger charge is 2.32. The third-order valence-corrected chi connectivity index (χ3v) is 8.10. The van der Waals surface area contributed by atoms with Gasteiger partial charge < -0.3 is 10.2 Å². The van der Waals surface area contributed by atoms with Crippen molar-refractivity contribution in [3.8, 4) is 0 Å². The first-order valence-electron chi connectivity index (χ1n) is 11.0. The molecule has 0 radical (unpaired) electrons. The highest BCUT2D eigenvalue weighted by Crippen LogP contribution is 2.33. The quantitative estimate of drug-likeness (QED) is 0.785. The molecule has 1 N–H and O–H groups in total. The van der Waals surface area contributed by atoms with Gasteiger partial charge in [0.15, 0.2) is 5.13 Å². The van der Waals surface area contributed by atoms with Crippen LogP contribution in [0.1, 0.15) is 58.4 Å². The first-order chi connectivity index (χ1) is 13.5. The molecule has 28 heavy (non-hydrogen) atoms. The number of carbonyl (C=O) groups is 1. The lowest BCUT2D eigenvalue weighted by Crippen LogP contribution is -2.48. The molecule has 152 valence electrons. The van der Waals surface area contributed by atoms with E-state index in [0.29, 0.717) is 17.9 Å². The minimum Gasteiger partial charge on any atom is -0.353 e. The SMILES string of the molecule is CCc1ccc2nc(N3CCC(C(=O)N[C@@H]4CCC[C@H](C)[C@@H]4C)CC3)sc2c1. The summed E-state index contributed by atoms with van der Waals surface area (Å²) in [6.07, 6.45) is 6.60. The van der Waals surface area contributed by atoms with Gasteiger partial charge in [-0.05, 0) is 55.2 Å². The summed E-state index contributed by atoms with van der Waals surface area (Å²) in [5, 5.41) is 4.50. The van der Waals surface area contributed by atoms with Gasteiger partial charge in [0, 0.05) is 25.0 Å². The summed E-state index contributed by atoms with van der Waals surface area (Å²) < 4.78 is 1.27. The molecule has 0 unspecified atom stereocenters. The second-order valence-electron chi connectivity index (χ2n) is 8.80. The van der Waals surface area contributed by atoms with Crippen LogP contribution in [0.2, 0.25) is 0 Å². The van der Waals surface area contributed by atoms with Crippen LogP contribution in [-0.4, -0.2) is 30.0 Å². The summed E-state index contributed by atoms with van der Waals surface area (Å²) in [6, 6.07) is 6.95. The Kier molecular flexibility index (Phi) is 5.91. The van der Waals surface area contributed by atoms with Crippen LogP contribution < -0.4 is 10.2 Å². The van der Waals surface area contributed by atoms with Crippen molar-refractivity contribution in [3.63, 3.8) is 0 Å². The van der Waals surface area contributed by atoms with Crippen molar-refractivity contribution in [1.82, 2.24) is 10.3 Å². The van der Waals surface area contributed by atoms with Gasteiger partial charge in [-0.15, -0.1) is 0 Å². The molecule has 1 aliphatic heterocycles. The van der Waals surface area contributed by atoms with Crippen LogP contribution in [0.15, 0.2) is 18.2 Å². The Hall–Kier alpha value is -1.62. The van der Waals surface area contributed by atoms with E-state index in [1.807, 2.05) is 0 Å². The zero-order valence-corrected chi connectivity index (χ0v) is 18.2. The molecule has 5 heteroatoms. The van der Waals surface area contributed by atoms with E-state index in [4.69, 9.17) is 4.98 Å². The average Bonchev–Trinajstić information content (AvgIpc) is 3.14. The van der Waals surface area contributed by atoms with Crippen molar-refractivity contribution in [3.05, 3.63) is 23.8 Å². The van der Waals surface area contributed by atoms with Crippen molar-refractivity contribution in [1.29, 1.82) is 0 Å². The minimum absolute atomic E-state index is 0.154. The maximum Gasteiger partial charge on any atom is 0.223 e. The molecule has 2 aliphatic rings. The number of fused-ring (bicyclic) bond motifs is 1. The van der Waals surface area contributed by atoms with E-state index in [-0.39, 0.29) is 11.8 Å². The van der Waals surface area contributed by atoms with Gasteiger partial charge in [-0.3, -0.25) is 4.79 Å². The average molecular weight is 400 g/mol. The second-order valence-corrected chi connectivity index (χ2v) is 9.80. The summed E-state index contributed by atoms with van der Waals surface area (Å²) in [5.41, 5.74) is 2.46. The second kappa shape index (κ2) is 8.40. The fourth-order valence-electron chi connectivity index (χ4n) is 4.73. The zero-order chi connectivity index (χ0) is 19.7. The van der Waals surface area contributed by atoms with Gasteiger partial charge in [-0.1, -0.05) is 51.0 Å². The lowest BCUT2D eigenvalue weighted by molar-refractivity contribution is -0.127. The van der Waals surface area contributed by atoms with Crippen molar-refractivity contribution in [2.24, 2.45) is 17.8 Å². The molecule has 1 aliphatic carbocycles. The fraction of sp³-hybridized carbons (Fsp3) is 0.652. The molecule has 0 bridgehead atoms. The molecule has 4 rings (SSSR count). The molecule has 1 saturated carbocycles. The molecule has 1 amide bonds. The standard InChI is InChI=1S/C23H33N3OS/c1-4-17-8-9-20-21(14-17)28-23(25-20)26-12-10-18(11-13-26)22(27)24-19-7-5-6-15(2)16(19)3/h8-9,14-16,18-19H,4-7,10-13H2,1-3H3,(H,24,27)/t15-,16-,19+/m0/s1. The first-order valence-corrected chi connectivity index (χ1v) is 11.8. The maximum absolute atomic E-state index is 12.8. The Labute approximate surface area is 172 Å². The molecular formula is C23H33N3OS. The van der Waals surface area contributed by atoms with Crippen LogP contribution >= 0.6 is 11.3 Å². The van der Waals surface area contributed by atoms with Crippen molar-refractivity contribution in [2.75, 3.05) is 18.0 Å². The number of nitrogens with zero attached hydrogens (tertiary/aromatic N) is 2. The summed E-state index contributed by atoms with van der Waals surface area (Å²) in [4.78, 5) is 20.0. The number of carbonyl (C=O) groups excluding carboxylic acids is 1. The molecule has 2 heterocycles. The Balaban J connectivity index is 1.34. The van der Waals surface area contributed by atoms with E-state index >= 15 is 0 Å². The number of anilines is 1. The number of nitrogens with one attached hydrogen (secondary N) is 1. The van der Waals surface area contributed by atoms with Crippen LogP contribution in [0, 0.1) is 17.8 Å². The van der Waals surface area contributed by atoms with E-state index in [0.717, 1.165) is 49.4 Å². The molecule has 1 aromatic heterocycles. The third kappa shape index (κ3) is 4.05. The lowest BCUT2D eigenvalue weighted by atomic mass is 9.78. The zero-order valence-electron chi connectivity index (χ0n) is 17.4. The number of thiazole rings is 1. The monoisotopic (exact) mass is 399 g/mol. The topological polar surface area (TPSA) is 45.2 Å². The normalized spacial score (nSPS) is 26.5. The molecule has 2 aromatic rings. The number of benzene rings is 1. The number of aryl methyl sites for hydroxylation is 1. The number of rotatable bonds is 4. The van der Waals surface area contributed by atoms with Gasteiger partial charge in [0.05, 0.1) is 10.2 Å². The number of amides is 1. The van der Waals surface area contributed by atoms with Crippen LogP contribution in [0.3, 0.4) is 0 Å². The van der Waals surface area contributed by atoms with E-state index in [9.17, 15) is 4.79 Å². The van der Waals surface area contributed by atoms with E-state index in [1.54, 1.807) is 11.3 Å². The Morgan fingerprint density at radius 3 is 2.75 bits per heavy atom. The molecule has 1 saturated heterocycles. The van der Waals surface area contributed by atoms with Gasteiger partial charge in [0.1, 0.15) is 0 Å². The van der Waals surface area contributed by atoms with E-state index in [2.05, 4.69) is 49.2 Å². The largest absolute Gasteiger partial charge is 0.353 e. The van der Waals surface area contributed by atoms with Gasteiger partial charge in [0.2, 0.25) is 5.91 Å². The lowest BCUT2D eigenvalue weighted by Gasteiger charge is -2.37. The third-order valence-electron chi connectivity index (χ3n) is 7.02. The predicted molar refractivity (Wildman–Crippen MR) is 118 cm³/mol. The molecule has 4 nitrogen and oxygen atoms in total. The van der Waals surface area contributed by atoms with Gasteiger partial charge in [-0.25, -0.2) is 4.98 Å². The smallest absolute Gasteiger partial charge is 0.223 e. The minimum atomic E-state index is 0.154. The van der Waals surface area contributed by atoms with Crippen molar-refractivity contribution >= 4 is 32.6 Å². The van der Waals surface area contributed by atoms with Gasteiger partial charge in [-0.2, -0.15) is 0 Å². The number of hydrogen-bond donors (Lipinski definition) is 1. The predicted octanol–water partition coefficient (Wildman–Crippen LogP) is 5.02. The van der Waals surface area contributed by atoms with Crippen LogP contribution in [0.4, 0.5) is 5.13 Å². The van der Waals surface area contributed by atoms with Gasteiger partial charge in [0.25, 0.3) is 0 Å². The number of aromatic nitrogens is 1. The summed E-state index contributed by atoms with van der Waals surface area (Å²) in [7, 11) is 0. The Bertz CT molecular complexity index is 824. The molecule has 0 spiro atoms. The highest BCUT2D eigenvalue weighted by atomic mass is 32.1. The van der Waals surface area contributed by atoms with Crippen LogP contribution in [0.5, 0.6) is 0 Å². The Morgan fingerprint density at radius 2 is 2.00 bits per heavy atom. The summed E-state index contributed by atoms with van der Waals surface area (Å²) >= 11 is 1.79. The van der Waals surface area contributed by atoms with E-state index in [1.165, 1.54) is 23.1 Å². The molecule has 3 atom stereocenters. The molecular weight excluding hydrogens is 366 g/mol. The van der Waals surface area contributed by atoms with Gasteiger partial charge >= 0.3 is 0 Å². The van der Waals surface area contributed by atoms with Crippen molar-refractivity contribution in [2.45, 2.75) is 65.3 Å². The fourth-order valence-corrected chi connectivity index (χ4v) is 5.81. The van der Waals surface area contributed by atoms with Crippen LogP contribution in [0.25, 0.3) is 10.2 Å². The number of piperidine rings is 1. The first kappa shape index (κ1) is 19.7. The maximum atomic E-state index is 12.8. The summed E-state index contributed by atoms with van der Waals surface area (Å²) in [6.45, 7) is 8.66. The highest BCUT2D eigenvalue weighted by molar-refractivity contribution is 7.22. The van der Waals surface area contributed by atoms with Crippen LogP contribution in [-0.2, 0) is 11.2 Å².